The normalized spacial score (nSPS) is 12.8. The molecule has 9 heteroatoms. The lowest BCUT2D eigenvalue weighted by Gasteiger charge is -2.25. The van der Waals surface area contributed by atoms with Crippen LogP contribution in [-0.4, -0.2) is 37.0 Å². The van der Waals surface area contributed by atoms with Crippen LogP contribution in [0.3, 0.4) is 0 Å². The van der Waals surface area contributed by atoms with Crippen LogP contribution in [-0.2, 0) is 14.4 Å². The highest BCUT2D eigenvalue weighted by molar-refractivity contribution is 5.88. The number of benzene rings is 1. The van der Waals surface area contributed by atoms with Crippen molar-refractivity contribution in [3.63, 3.8) is 0 Å². The molecule has 0 saturated carbocycles. The SMILES string of the molecule is CC[C@H](C)[C@H](NC(=O)CNC(=O)COc1ccc2c(C)cc(=O)oc2c1)C(=O)[O-]. The van der Waals surface area contributed by atoms with E-state index in [0.717, 1.165) is 10.9 Å². The number of ether oxygens (including phenoxy) is 1. The molecule has 2 aromatic rings. The first-order valence-electron chi connectivity index (χ1n) is 9.15. The summed E-state index contributed by atoms with van der Waals surface area (Å²) in [5, 5.41) is 16.5. The van der Waals surface area contributed by atoms with Crippen molar-refractivity contribution < 1.29 is 28.6 Å². The molecule has 0 saturated heterocycles. The fourth-order valence-electron chi connectivity index (χ4n) is 2.67. The Morgan fingerprint density at radius 2 is 1.93 bits per heavy atom. The number of carbonyl (C=O) groups is 3. The van der Waals surface area contributed by atoms with Crippen molar-refractivity contribution >= 4 is 28.8 Å². The minimum atomic E-state index is -1.37. The molecule has 1 aromatic heterocycles. The van der Waals surface area contributed by atoms with Crippen LogP contribution in [0, 0.1) is 12.8 Å². The van der Waals surface area contributed by atoms with Crippen LogP contribution >= 0.6 is 0 Å². The molecule has 0 radical (unpaired) electrons. The number of fused-ring (bicyclic) bond motifs is 1. The van der Waals surface area contributed by atoms with Gasteiger partial charge in [0.15, 0.2) is 6.61 Å². The summed E-state index contributed by atoms with van der Waals surface area (Å²) in [6.07, 6.45) is 0.546. The molecule has 2 amide bonds. The van der Waals surface area contributed by atoms with Crippen LogP contribution in [0.4, 0.5) is 0 Å². The topological polar surface area (TPSA) is 138 Å². The molecule has 0 aliphatic heterocycles. The molecule has 156 valence electrons. The Kier molecular flexibility index (Phi) is 7.35. The predicted octanol–water partition coefficient (Wildman–Crippen LogP) is -0.123. The molecule has 29 heavy (non-hydrogen) atoms. The second kappa shape index (κ2) is 9.72. The Morgan fingerprint density at radius 3 is 2.59 bits per heavy atom. The van der Waals surface area contributed by atoms with Gasteiger partial charge in [0.25, 0.3) is 5.91 Å². The standard InChI is InChI=1S/C20H24N2O7/c1-4-11(2)19(20(26)27)22-16(23)9-21-17(24)10-28-13-5-6-14-12(3)7-18(25)29-15(14)8-13/h5-8,11,19H,4,9-10H2,1-3H3,(H,21,24)(H,22,23)(H,26,27)/p-1/t11-,19-/m0/s1. The Hall–Kier alpha value is -3.36. The first-order chi connectivity index (χ1) is 13.7. The van der Waals surface area contributed by atoms with Crippen LogP contribution in [0.15, 0.2) is 33.5 Å². The monoisotopic (exact) mass is 403 g/mol. The van der Waals surface area contributed by atoms with Crippen LogP contribution in [0.5, 0.6) is 5.75 Å². The molecule has 1 heterocycles. The van der Waals surface area contributed by atoms with E-state index in [1.54, 1.807) is 32.9 Å². The van der Waals surface area contributed by atoms with Crippen molar-refractivity contribution in [2.45, 2.75) is 33.2 Å². The Labute approximate surface area is 167 Å². The van der Waals surface area contributed by atoms with Gasteiger partial charge in [-0.25, -0.2) is 4.79 Å². The number of carboxylic acid groups (broad SMARTS) is 1. The molecule has 0 bridgehead atoms. The Balaban J connectivity index is 1.87. The fraction of sp³-hybridized carbons (Fsp3) is 0.400. The van der Waals surface area contributed by atoms with E-state index in [1.165, 1.54) is 12.1 Å². The Bertz CT molecular complexity index is 967. The van der Waals surface area contributed by atoms with Gasteiger partial charge in [0, 0.05) is 17.5 Å². The molecule has 2 N–H and O–H groups in total. The summed E-state index contributed by atoms with van der Waals surface area (Å²) in [6.45, 7) is 4.49. The van der Waals surface area contributed by atoms with E-state index in [1.807, 2.05) is 0 Å². The van der Waals surface area contributed by atoms with Gasteiger partial charge in [-0.05, 0) is 30.5 Å². The molecule has 0 spiro atoms. The fourth-order valence-corrected chi connectivity index (χ4v) is 2.67. The highest BCUT2D eigenvalue weighted by atomic mass is 16.5. The molecule has 2 rings (SSSR count). The maximum absolute atomic E-state index is 11.9. The number of aryl methyl sites for hydroxylation is 1. The zero-order valence-corrected chi connectivity index (χ0v) is 16.4. The van der Waals surface area contributed by atoms with Gasteiger partial charge in [0.1, 0.15) is 11.3 Å². The lowest BCUT2D eigenvalue weighted by atomic mass is 9.99. The van der Waals surface area contributed by atoms with Gasteiger partial charge in [-0.3, -0.25) is 9.59 Å². The zero-order chi connectivity index (χ0) is 21.6. The third-order valence-corrected chi connectivity index (χ3v) is 4.52. The van der Waals surface area contributed by atoms with Crippen molar-refractivity contribution in [1.82, 2.24) is 10.6 Å². The van der Waals surface area contributed by atoms with Gasteiger partial charge >= 0.3 is 5.63 Å². The zero-order valence-electron chi connectivity index (χ0n) is 16.4. The quantitative estimate of drug-likeness (QED) is 0.557. The smallest absolute Gasteiger partial charge is 0.336 e. The molecule has 2 atom stereocenters. The van der Waals surface area contributed by atoms with E-state index < -0.39 is 36.0 Å². The minimum Gasteiger partial charge on any atom is -0.548 e. The van der Waals surface area contributed by atoms with Gasteiger partial charge in [-0.15, -0.1) is 0 Å². The summed E-state index contributed by atoms with van der Waals surface area (Å²) in [4.78, 5) is 46.3. The van der Waals surface area contributed by atoms with E-state index in [9.17, 15) is 24.3 Å². The second-order valence-corrected chi connectivity index (χ2v) is 6.72. The predicted molar refractivity (Wildman–Crippen MR) is 102 cm³/mol. The molecule has 0 aliphatic carbocycles. The third-order valence-electron chi connectivity index (χ3n) is 4.52. The van der Waals surface area contributed by atoms with E-state index in [0.29, 0.717) is 17.8 Å². The minimum absolute atomic E-state index is 0.306. The van der Waals surface area contributed by atoms with E-state index in [4.69, 9.17) is 9.15 Å². The number of hydrogen-bond acceptors (Lipinski definition) is 7. The second-order valence-electron chi connectivity index (χ2n) is 6.72. The van der Waals surface area contributed by atoms with Gasteiger partial charge in [-0.1, -0.05) is 20.3 Å². The van der Waals surface area contributed by atoms with E-state index in [-0.39, 0.29) is 12.5 Å². The number of hydrogen-bond donors (Lipinski definition) is 2. The lowest BCUT2D eigenvalue weighted by molar-refractivity contribution is -0.309. The average Bonchev–Trinajstić information content (AvgIpc) is 2.67. The lowest BCUT2D eigenvalue weighted by Crippen LogP contribution is -2.53. The summed E-state index contributed by atoms with van der Waals surface area (Å²) in [5.74, 6) is -2.57. The number of amides is 2. The third kappa shape index (κ3) is 6.06. The van der Waals surface area contributed by atoms with Crippen LogP contribution in [0.2, 0.25) is 0 Å². The number of carbonyl (C=O) groups excluding carboxylic acids is 3. The number of nitrogens with one attached hydrogen (secondary N) is 2. The summed E-state index contributed by atoms with van der Waals surface area (Å²) in [7, 11) is 0. The van der Waals surface area contributed by atoms with Crippen molar-refractivity contribution in [1.29, 1.82) is 0 Å². The summed E-state index contributed by atoms with van der Waals surface area (Å²) < 4.78 is 10.5. The molecular weight excluding hydrogens is 380 g/mol. The van der Waals surface area contributed by atoms with Gasteiger partial charge in [0.05, 0.1) is 18.6 Å². The highest BCUT2D eigenvalue weighted by Gasteiger charge is 2.19. The van der Waals surface area contributed by atoms with Crippen LogP contribution in [0.1, 0.15) is 25.8 Å². The highest BCUT2D eigenvalue weighted by Crippen LogP contribution is 2.22. The van der Waals surface area contributed by atoms with Gasteiger partial charge in [-0.2, -0.15) is 0 Å². The maximum atomic E-state index is 11.9. The number of carboxylic acids is 1. The number of aliphatic carboxylic acids is 1. The summed E-state index contributed by atoms with van der Waals surface area (Å²) in [6, 6.07) is 5.10. The average molecular weight is 403 g/mol. The van der Waals surface area contributed by atoms with Crippen molar-refractivity contribution in [3.05, 3.63) is 40.2 Å². The van der Waals surface area contributed by atoms with Crippen LogP contribution in [0.25, 0.3) is 11.0 Å². The molecule has 0 unspecified atom stereocenters. The maximum Gasteiger partial charge on any atom is 0.336 e. The largest absolute Gasteiger partial charge is 0.548 e. The van der Waals surface area contributed by atoms with Crippen molar-refractivity contribution in [2.24, 2.45) is 5.92 Å². The van der Waals surface area contributed by atoms with E-state index >= 15 is 0 Å². The van der Waals surface area contributed by atoms with Crippen LogP contribution < -0.4 is 26.1 Å². The van der Waals surface area contributed by atoms with Gasteiger partial charge < -0.3 is 29.7 Å². The molecule has 0 fully saturated rings. The molecule has 0 aliphatic rings. The number of rotatable bonds is 9. The molecule has 9 nitrogen and oxygen atoms in total. The van der Waals surface area contributed by atoms with Gasteiger partial charge in [0.2, 0.25) is 5.91 Å². The van der Waals surface area contributed by atoms with Crippen molar-refractivity contribution in [2.75, 3.05) is 13.2 Å². The van der Waals surface area contributed by atoms with Crippen molar-refractivity contribution in [3.8, 4) is 5.75 Å². The first kappa shape index (κ1) is 21.9. The first-order valence-corrected chi connectivity index (χ1v) is 9.15. The summed E-state index contributed by atoms with van der Waals surface area (Å²) >= 11 is 0. The van der Waals surface area contributed by atoms with E-state index in [2.05, 4.69) is 10.6 Å². The summed E-state index contributed by atoms with van der Waals surface area (Å²) in [5.41, 5.74) is 0.618. The molecular formula is C20H23N2O7-. The Morgan fingerprint density at radius 1 is 1.21 bits per heavy atom. The molecule has 1 aromatic carbocycles.